The van der Waals surface area contributed by atoms with E-state index in [1.165, 1.54) is 42.2 Å². The molecular weight excluding hydrogens is 246 g/mol. The predicted octanol–water partition coefficient (Wildman–Crippen LogP) is 2.14. The Morgan fingerprint density at radius 2 is 0.933 bits per heavy atom. The minimum absolute atomic E-state index is 1.26. The Balaban J connectivity index is 0. The van der Waals surface area contributed by atoms with Crippen LogP contribution in [0.2, 0.25) is 0 Å². The molecule has 0 aromatic heterocycles. The van der Waals surface area contributed by atoms with Crippen molar-refractivity contribution in [1.29, 1.82) is 0 Å². The van der Waals surface area contributed by atoms with Crippen LogP contribution < -0.4 is 0 Å². The second kappa shape index (κ2) is 8.42. The minimum atomic E-state index is -3.16. The summed E-state index contributed by atoms with van der Waals surface area (Å²) in [7, 11) is 0.660. The number of rotatable bonds is 5. The third-order valence-electron chi connectivity index (χ3n) is 1.33. The highest BCUT2D eigenvalue weighted by molar-refractivity contribution is 7.52. The van der Waals surface area contributed by atoms with Crippen molar-refractivity contribution >= 4 is 15.4 Å². The number of phosphoric acid groups is 1. The Hall–Kier alpha value is 0.260. The highest BCUT2D eigenvalue weighted by Crippen LogP contribution is 2.46. The van der Waals surface area contributed by atoms with Crippen molar-refractivity contribution in [2.24, 2.45) is 0 Å². The maximum Gasteiger partial charge on any atom is 0.473 e. The molecule has 0 fully saturated rings. The van der Waals surface area contributed by atoms with E-state index in [1.807, 2.05) is 0 Å². The van der Waals surface area contributed by atoms with E-state index >= 15 is 0 Å². The van der Waals surface area contributed by atoms with Gasteiger partial charge in [-0.25, -0.2) is 4.57 Å². The lowest BCUT2D eigenvalue weighted by Crippen LogP contribution is -1.88. The number of hydrogen-bond acceptors (Lipinski definition) is 7. The summed E-state index contributed by atoms with van der Waals surface area (Å²) in [6.45, 7) is 1.41. The van der Waals surface area contributed by atoms with E-state index in [2.05, 4.69) is 22.6 Å². The van der Waals surface area contributed by atoms with Crippen LogP contribution in [0.25, 0.3) is 0 Å². The van der Waals surface area contributed by atoms with Crippen molar-refractivity contribution in [3.8, 4) is 0 Å². The van der Waals surface area contributed by atoms with Gasteiger partial charge in [0.25, 0.3) is 0 Å². The van der Waals surface area contributed by atoms with Gasteiger partial charge in [-0.3, -0.25) is 18.1 Å². The van der Waals surface area contributed by atoms with Crippen molar-refractivity contribution < 1.29 is 31.7 Å². The normalized spacial score (nSPS) is 11.9. The minimum Gasteiger partial charge on any atom is -0.312 e. The monoisotopic (exact) mass is 264 g/mol. The fraction of sp³-hybridized carbons (Fsp3) is 1.00. The smallest absolute Gasteiger partial charge is 0.312 e. The first-order valence-electron chi connectivity index (χ1n) is 3.77. The van der Waals surface area contributed by atoms with Crippen molar-refractivity contribution in [2.45, 2.75) is 0 Å². The molecule has 0 heterocycles. The summed E-state index contributed by atoms with van der Waals surface area (Å²) in [5.41, 5.74) is 0. The molecule has 0 radical (unpaired) electrons. The summed E-state index contributed by atoms with van der Waals surface area (Å²) in [6.07, 6.45) is 0. The summed E-state index contributed by atoms with van der Waals surface area (Å²) in [6, 6.07) is 0. The Morgan fingerprint density at radius 3 is 0.933 bits per heavy atom. The highest BCUT2D eigenvalue weighted by atomic mass is 31.2. The Morgan fingerprint density at radius 1 is 0.667 bits per heavy atom. The van der Waals surface area contributed by atoms with Crippen molar-refractivity contribution in [1.82, 2.24) is 0 Å². The standard InChI is InChI=1S/C3H9O4P.C3H9O3P/c1-5-8(4,6-2)7-3;1-5-7(3,4)6-2/h1-3H3;1-3H3. The largest absolute Gasteiger partial charge is 0.473 e. The quantitative estimate of drug-likeness (QED) is 0.703. The summed E-state index contributed by atoms with van der Waals surface area (Å²) in [5, 5.41) is 0. The molecule has 9 heteroatoms. The molecule has 7 nitrogen and oxygen atoms in total. The van der Waals surface area contributed by atoms with Gasteiger partial charge in [-0.2, -0.15) is 0 Å². The van der Waals surface area contributed by atoms with E-state index in [0.717, 1.165) is 0 Å². The van der Waals surface area contributed by atoms with Crippen LogP contribution in [0.3, 0.4) is 0 Å². The summed E-state index contributed by atoms with van der Waals surface area (Å²) in [5.74, 6) is 0. The van der Waals surface area contributed by atoms with Gasteiger partial charge in [0.2, 0.25) is 0 Å². The molecule has 0 saturated heterocycles. The molecule has 0 bridgehead atoms. The van der Waals surface area contributed by atoms with Crippen LogP contribution >= 0.6 is 15.4 Å². The number of hydrogen-bond donors (Lipinski definition) is 0. The zero-order valence-corrected chi connectivity index (χ0v) is 11.5. The SMILES string of the molecule is COP(=O)(OC)OC.COP(C)(=O)OC. The van der Waals surface area contributed by atoms with Crippen LogP contribution in [0, 0.1) is 0 Å². The van der Waals surface area contributed by atoms with Gasteiger partial charge in [0.15, 0.2) is 0 Å². The molecule has 0 aliphatic carbocycles. The maximum absolute atomic E-state index is 10.7. The van der Waals surface area contributed by atoms with Crippen molar-refractivity contribution in [3.63, 3.8) is 0 Å². The zero-order valence-electron chi connectivity index (χ0n) is 9.75. The molecule has 0 N–H and O–H groups in total. The first-order chi connectivity index (χ1) is 6.80. The molecule has 0 aromatic rings. The molecule has 0 saturated carbocycles. The lowest BCUT2D eigenvalue weighted by Gasteiger charge is -2.08. The van der Waals surface area contributed by atoms with Crippen LogP contribution in [-0.2, 0) is 31.7 Å². The third kappa shape index (κ3) is 9.20. The molecule has 0 amide bonds. The van der Waals surface area contributed by atoms with Gasteiger partial charge < -0.3 is 9.05 Å². The van der Waals surface area contributed by atoms with Gasteiger partial charge in [0, 0.05) is 42.2 Å². The van der Waals surface area contributed by atoms with Gasteiger partial charge in [0.05, 0.1) is 0 Å². The average molecular weight is 264 g/mol. The fourth-order valence-corrected chi connectivity index (χ4v) is 0.894. The Labute approximate surface area is 90.2 Å². The van der Waals surface area contributed by atoms with E-state index in [4.69, 9.17) is 0 Å². The molecule has 15 heavy (non-hydrogen) atoms. The van der Waals surface area contributed by atoms with Gasteiger partial charge >= 0.3 is 15.4 Å². The molecule has 0 atom stereocenters. The van der Waals surface area contributed by atoms with E-state index < -0.39 is 15.4 Å². The molecule has 0 aliphatic heterocycles. The predicted molar refractivity (Wildman–Crippen MR) is 56.2 cm³/mol. The topological polar surface area (TPSA) is 80.3 Å². The first-order valence-corrected chi connectivity index (χ1v) is 7.22. The van der Waals surface area contributed by atoms with Gasteiger partial charge in [-0.1, -0.05) is 0 Å². The molecule has 94 valence electrons. The van der Waals surface area contributed by atoms with Crippen LogP contribution in [0.1, 0.15) is 0 Å². The van der Waals surface area contributed by atoms with Gasteiger partial charge in [-0.15, -0.1) is 0 Å². The first kappa shape index (κ1) is 17.6. The van der Waals surface area contributed by atoms with Crippen LogP contribution in [0.4, 0.5) is 0 Å². The zero-order chi connectivity index (χ0) is 12.5. The number of phosphoric ester groups is 1. The maximum atomic E-state index is 10.7. The summed E-state index contributed by atoms with van der Waals surface area (Å²) in [4.78, 5) is 0. The molecule has 0 unspecified atom stereocenters. The van der Waals surface area contributed by atoms with Crippen LogP contribution in [-0.4, -0.2) is 42.2 Å². The average Bonchev–Trinajstić information content (AvgIpc) is 2.29. The van der Waals surface area contributed by atoms with Gasteiger partial charge in [0.1, 0.15) is 0 Å². The van der Waals surface area contributed by atoms with Crippen molar-refractivity contribution in [2.75, 3.05) is 42.2 Å². The second-order valence-electron chi connectivity index (χ2n) is 2.13. The lowest BCUT2D eigenvalue weighted by atomic mass is 11.8. The molecular formula is C6H18O7P2. The Kier molecular flexibility index (Phi) is 9.90. The lowest BCUT2D eigenvalue weighted by molar-refractivity contribution is 0.178. The second-order valence-corrected chi connectivity index (χ2v) is 6.39. The summed E-state index contributed by atoms with van der Waals surface area (Å²) < 4.78 is 43.0. The van der Waals surface area contributed by atoms with E-state index in [0.29, 0.717) is 0 Å². The highest BCUT2D eigenvalue weighted by Gasteiger charge is 2.18. The Bertz CT molecular complexity index is 215. The van der Waals surface area contributed by atoms with Crippen LogP contribution in [0.5, 0.6) is 0 Å². The van der Waals surface area contributed by atoms with Crippen molar-refractivity contribution in [3.05, 3.63) is 0 Å². The molecule has 0 aromatic carbocycles. The van der Waals surface area contributed by atoms with Gasteiger partial charge in [-0.05, 0) is 0 Å². The third-order valence-corrected chi connectivity index (χ3v) is 4.00. The fourth-order valence-electron chi connectivity index (χ4n) is 0.298. The summed E-state index contributed by atoms with van der Waals surface area (Å²) >= 11 is 0. The van der Waals surface area contributed by atoms with E-state index in [-0.39, 0.29) is 0 Å². The van der Waals surface area contributed by atoms with E-state index in [9.17, 15) is 9.13 Å². The van der Waals surface area contributed by atoms with E-state index in [1.54, 1.807) is 0 Å². The van der Waals surface area contributed by atoms with Crippen LogP contribution in [0.15, 0.2) is 0 Å². The molecule has 0 rings (SSSR count). The molecule has 0 spiro atoms. The molecule has 0 aliphatic rings.